The number of rotatable bonds is 6. The van der Waals surface area contributed by atoms with Gasteiger partial charge in [0.05, 0.1) is 6.54 Å². The number of guanidine groups is 1. The third kappa shape index (κ3) is 6.14. The molecule has 0 unspecified atom stereocenters. The van der Waals surface area contributed by atoms with Gasteiger partial charge in [-0.2, -0.15) is 17.5 Å². The van der Waals surface area contributed by atoms with Gasteiger partial charge < -0.3 is 15.4 Å². The van der Waals surface area contributed by atoms with Crippen LogP contribution in [0.5, 0.6) is 5.75 Å². The normalized spacial score (nSPS) is 17.4. The number of nitrogens with one attached hydrogen (secondary N) is 2. The zero-order valence-corrected chi connectivity index (χ0v) is 16.7. The first-order valence-corrected chi connectivity index (χ1v) is 10.4. The summed E-state index contributed by atoms with van der Waals surface area (Å²) in [5, 5.41) is 6.74. The zero-order valence-electron chi connectivity index (χ0n) is 15.2. The van der Waals surface area contributed by atoms with Crippen LogP contribution in [0.1, 0.15) is 12.8 Å². The van der Waals surface area contributed by atoms with Gasteiger partial charge in [0.25, 0.3) is 0 Å². The average molecular weight is 443 g/mol. The highest BCUT2D eigenvalue weighted by molar-refractivity contribution is 7.90. The Morgan fingerprint density at radius 2 is 1.89 bits per heavy atom. The Morgan fingerprint density at radius 3 is 2.43 bits per heavy atom. The smallest absolute Gasteiger partial charge is 0.492 e. The molecule has 0 spiro atoms. The molecule has 0 aliphatic carbocycles. The molecule has 2 rings (SSSR count). The Balaban J connectivity index is 1.73. The zero-order chi connectivity index (χ0) is 20.8. The third-order valence-corrected chi connectivity index (χ3v) is 6.01. The highest BCUT2D eigenvalue weighted by Gasteiger charge is 2.50. The van der Waals surface area contributed by atoms with Gasteiger partial charge in [0, 0.05) is 31.2 Å². The maximum Gasteiger partial charge on any atom is 0.511 e. The fraction of sp³-hybridized carbons (Fsp3) is 0.562. The molecule has 0 bridgehead atoms. The second kappa shape index (κ2) is 9.66. The molecule has 1 aromatic rings. The van der Waals surface area contributed by atoms with E-state index in [1.165, 1.54) is 0 Å². The van der Waals surface area contributed by atoms with Crippen LogP contribution >= 0.6 is 11.6 Å². The molecule has 0 aromatic heterocycles. The van der Waals surface area contributed by atoms with Crippen LogP contribution in [0.25, 0.3) is 0 Å². The summed E-state index contributed by atoms with van der Waals surface area (Å²) in [4.78, 5) is 4.05. The largest absolute Gasteiger partial charge is 0.511 e. The number of nitrogens with zero attached hydrogens (tertiary/aromatic N) is 2. The van der Waals surface area contributed by atoms with Crippen LogP contribution < -0.4 is 15.4 Å². The molecular formula is C16H22ClF3N4O3S. The number of halogens is 4. The van der Waals surface area contributed by atoms with E-state index in [0.29, 0.717) is 34.2 Å². The molecule has 1 aliphatic heterocycles. The van der Waals surface area contributed by atoms with Crippen LogP contribution in [0.15, 0.2) is 29.3 Å². The van der Waals surface area contributed by atoms with Crippen molar-refractivity contribution in [3.8, 4) is 5.75 Å². The van der Waals surface area contributed by atoms with Gasteiger partial charge in [-0.1, -0.05) is 11.6 Å². The standard InChI is InChI=1S/C16H22ClF3N4O3S/c1-21-15(22-8-11-27-14-4-2-12(17)3-5-14)23-13-6-9-24(10-7-13)28(25,26)16(18,19)20/h2-5,13H,6-11H2,1H3,(H2,21,22,23). The van der Waals surface area contributed by atoms with Crippen LogP contribution in [0.2, 0.25) is 5.02 Å². The number of hydrogen-bond acceptors (Lipinski definition) is 4. The Bertz CT molecular complexity index is 764. The molecule has 28 heavy (non-hydrogen) atoms. The number of hydrogen-bond donors (Lipinski definition) is 2. The van der Waals surface area contributed by atoms with E-state index in [0.717, 1.165) is 0 Å². The molecule has 7 nitrogen and oxygen atoms in total. The van der Waals surface area contributed by atoms with E-state index < -0.39 is 15.5 Å². The molecule has 12 heteroatoms. The maximum absolute atomic E-state index is 12.6. The molecule has 2 N–H and O–H groups in total. The van der Waals surface area contributed by atoms with E-state index in [1.807, 2.05) is 0 Å². The highest BCUT2D eigenvalue weighted by Crippen LogP contribution is 2.28. The Hall–Kier alpha value is -1.72. The monoisotopic (exact) mass is 442 g/mol. The summed E-state index contributed by atoms with van der Waals surface area (Å²) in [7, 11) is -3.70. The topological polar surface area (TPSA) is 83.0 Å². The average Bonchev–Trinajstić information content (AvgIpc) is 2.65. The summed E-state index contributed by atoms with van der Waals surface area (Å²) in [6, 6.07) is 6.76. The molecule has 0 saturated carbocycles. The van der Waals surface area contributed by atoms with Crippen molar-refractivity contribution in [1.82, 2.24) is 14.9 Å². The van der Waals surface area contributed by atoms with Crippen molar-refractivity contribution in [2.75, 3.05) is 33.3 Å². The van der Waals surface area contributed by atoms with Crippen LogP contribution in [-0.4, -0.2) is 63.5 Å². The van der Waals surface area contributed by atoms with Crippen molar-refractivity contribution in [3.05, 3.63) is 29.3 Å². The first-order valence-electron chi connectivity index (χ1n) is 8.55. The minimum atomic E-state index is -5.27. The van der Waals surface area contributed by atoms with Gasteiger partial charge >= 0.3 is 15.5 Å². The fourth-order valence-electron chi connectivity index (χ4n) is 2.64. The van der Waals surface area contributed by atoms with Crippen LogP contribution in [0.4, 0.5) is 13.2 Å². The summed E-state index contributed by atoms with van der Waals surface area (Å²) in [6.07, 6.45) is 0.495. The molecule has 1 heterocycles. The summed E-state index contributed by atoms with van der Waals surface area (Å²) < 4.78 is 66.7. The first-order chi connectivity index (χ1) is 13.1. The summed E-state index contributed by atoms with van der Waals surface area (Å²) >= 11 is 5.80. The summed E-state index contributed by atoms with van der Waals surface area (Å²) in [5.74, 6) is 1.14. The van der Waals surface area contributed by atoms with Crippen molar-refractivity contribution < 1.29 is 26.3 Å². The van der Waals surface area contributed by atoms with Crippen molar-refractivity contribution in [1.29, 1.82) is 0 Å². The van der Waals surface area contributed by atoms with E-state index in [2.05, 4.69) is 15.6 Å². The van der Waals surface area contributed by atoms with Crippen LogP contribution in [-0.2, 0) is 10.0 Å². The molecule has 0 atom stereocenters. The summed E-state index contributed by atoms with van der Waals surface area (Å²) in [5.41, 5.74) is -5.27. The molecule has 158 valence electrons. The molecular weight excluding hydrogens is 421 g/mol. The quantitative estimate of drug-likeness (QED) is 0.401. The number of sulfonamides is 1. The van der Waals surface area contributed by atoms with E-state index in [4.69, 9.17) is 16.3 Å². The predicted octanol–water partition coefficient (Wildman–Crippen LogP) is 2.20. The van der Waals surface area contributed by atoms with E-state index in [-0.39, 0.29) is 32.0 Å². The van der Waals surface area contributed by atoms with Crippen molar-refractivity contribution in [2.45, 2.75) is 24.4 Å². The third-order valence-electron chi connectivity index (χ3n) is 4.13. The van der Waals surface area contributed by atoms with Gasteiger partial charge in [-0.3, -0.25) is 4.99 Å². The highest BCUT2D eigenvalue weighted by atomic mass is 35.5. The number of alkyl halides is 3. The fourth-order valence-corrected chi connectivity index (χ4v) is 3.75. The molecule has 1 aromatic carbocycles. The molecule has 0 radical (unpaired) electrons. The van der Waals surface area contributed by atoms with Gasteiger partial charge in [0.2, 0.25) is 0 Å². The number of ether oxygens (including phenoxy) is 1. The number of piperidine rings is 1. The minimum Gasteiger partial charge on any atom is -0.492 e. The Kier molecular flexibility index (Phi) is 7.79. The maximum atomic E-state index is 12.6. The minimum absolute atomic E-state index is 0.178. The van der Waals surface area contributed by atoms with Crippen molar-refractivity contribution >= 4 is 27.6 Å². The van der Waals surface area contributed by atoms with Gasteiger partial charge in [0.15, 0.2) is 5.96 Å². The first kappa shape index (κ1) is 22.6. The summed E-state index contributed by atoms with van der Waals surface area (Å²) in [6.45, 7) is 0.417. The van der Waals surface area contributed by atoms with E-state index in [1.54, 1.807) is 31.3 Å². The van der Waals surface area contributed by atoms with Gasteiger partial charge in [0.1, 0.15) is 12.4 Å². The van der Waals surface area contributed by atoms with Gasteiger partial charge in [-0.25, -0.2) is 8.42 Å². The van der Waals surface area contributed by atoms with Gasteiger partial charge in [-0.05, 0) is 37.1 Å². The lowest BCUT2D eigenvalue weighted by Gasteiger charge is -2.32. The lowest BCUT2D eigenvalue weighted by molar-refractivity contribution is -0.0494. The molecule has 1 fully saturated rings. The van der Waals surface area contributed by atoms with E-state index >= 15 is 0 Å². The van der Waals surface area contributed by atoms with Crippen LogP contribution in [0.3, 0.4) is 0 Å². The van der Waals surface area contributed by atoms with Crippen LogP contribution in [0, 0.1) is 0 Å². The predicted molar refractivity (Wildman–Crippen MR) is 101 cm³/mol. The SMILES string of the molecule is CN=C(NCCOc1ccc(Cl)cc1)NC1CCN(S(=O)(=O)C(F)(F)F)CC1. The van der Waals surface area contributed by atoms with Crippen molar-refractivity contribution in [2.24, 2.45) is 4.99 Å². The number of aliphatic imine (C=N–C) groups is 1. The Morgan fingerprint density at radius 1 is 1.29 bits per heavy atom. The molecule has 0 amide bonds. The van der Waals surface area contributed by atoms with E-state index in [9.17, 15) is 21.6 Å². The number of benzene rings is 1. The second-order valence-corrected chi connectivity index (χ2v) is 8.44. The molecule has 1 saturated heterocycles. The lowest BCUT2D eigenvalue weighted by Crippen LogP contribution is -2.52. The molecule has 1 aliphatic rings. The van der Waals surface area contributed by atoms with Gasteiger partial charge in [-0.15, -0.1) is 0 Å². The lowest BCUT2D eigenvalue weighted by atomic mass is 10.1. The second-order valence-electron chi connectivity index (χ2n) is 6.07. The Labute approximate surface area is 167 Å². The van der Waals surface area contributed by atoms with Crippen molar-refractivity contribution in [3.63, 3.8) is 0 Å².